The van der Waals surface area contributed by atoms with Gasteiger partial charge in [-0.2, -0.15) is 0 Å². The highest BCUT2D eigenvalue weighted by molar-refractivity contribution is 5.91. The van der Waals surface area contributed by atoms with E-state index in [0.29, 0.717) is 12.1 Å². The van der Waals surface area contributed by atoms with E-state index in [1.807, 2.05) is 87.5 Å². The van der Waals surface area contributed by atoms with Crippen LogP contribution in [0.3, 0.4) is 0 Å². The van der Waals surface area contributed by atoms with Crippen LogP contribution in [0.1, 0.15) is 44.2 Å². The molecule has 3 aromatic carbocycles. The average molecular weight is 470 g/mol. The SMILES string of the molecule is C=CC[C@@H](/C=C(\Cc1ccccc1)N(C(=O)OC(C)(C)C)c1ccc(OC)cc1)c1ccccc1. The van der Waals surface area contributed by atoms with E-state index in [9.17, 15) is 4.79 Å². The molecule has 0 aromatic heterocycles. The molecule has 0 bridgehead atoms. The number of allylic oxidation sites excluding steroid dienone is 3. The largest absolute Gasteiger partial charge is 0.497 e. The van der Waals surface area contributed by atoms with Crippen molar-refractivity contribution in [3.63, 3.8) is 0 Å². The van der Waals surface area contributed by atoms with Crippen LogP contribution in [0.15, 0.2) is 109 Å². The van der Waals surface area contributed by atoms with Gasteiger partial charge in [0, 0.05) is 18.0 Å². The van der Waals surface area contributed by atoms with Crippen molar-refractivity contribution < 1.29 is 14.3 Å². The molecule has 35 heavy (non-hydrogen) atoms. The molecule has 0 saturated carbocycles. The first-order valence-corrected chi connectivity index (χ1v) is 11.9. The number of ether oxygens (including phenoxy) is 2. The molecule has 3 rings (SSSR count). The Bertz CT molecular complexity index is 1110. The summed E-state index contributed by atoms with van der Waals surface area (Å²) in [7, 11) is 1.63. The van der Waals surface area contributed by atoms with Gasteiger partial charge in [-0.3, -0.25) is 4.90 Å². The van der Waals surface area contributed by atoms with Crippen LogP contribution in [-0.2, 0) is 11.2 Å². The molecule has 1 amide bonds. The molecular formula is C31H35NO3. The monoisotopic (exact) mass is 469 g/mol. The summed E-state index contributed by atoms with van der Waals surface area (Å²) in [6.07, 6.45) is 4.97. The predicted molar refractivity (Wildman–Crippen MR) is 144 cm³/mol. The van der Waals surface area contributed by atoms with Crippen LogP contribution in [0.5, 0.6) is 5.75 Å². The zero-order valence-electron chi connectivity index (χ0n) is 21.1. The van der Waals surface area contributed by atoms with Gasteiger partial charge in [0.1, 0.15) is 11.4 Å². The lowest BCUT2D eigenvalue weighted by Crippen LogP contribution is -2.37. The molecule has 1 atom stereocenters. The number of hydrogen-bond donors (Lipinski definition) is 0. The maximum atomic E-state index is 13.6. The maximum absolute atomic E-state index is 13.6. The zero-order chi connectivity index (χ0) is 25.3. The molecular weight excluding hydrogens is 434 g/mol. The molecule has 182 valence electrons. The summed E-state index contributed by atoms with van der Waals surface area (Å²) in [5, 5.41) is 0. The Labute approximate surface area is 209 Å². The van der Waals surface area contributed by atoms with Crippen molar-refractivity contribution in [1.82, 2.24) is 0 Å². The van der Waals surface area contributed by atoms with Crippen LogP contribution < -0.4 is 9.64 Å². The smallest absolute Gasteiger partial charge is 0.419 e. The van der Waals surface area contributed by atoms with E-state index in [1.165, 1.54) is 0 Å². The Kier molecular flexibility index (Phi) is 8.91. The lowest BCUT2D eigenvalue weighted by Gasteiger charge is -2.30. The highest BCUT2D eigenvalue weighted by Crippen LogP contribution is 2.31. The molecule has 0 spiro atoms. The average Bonchev–Trinajstić information content (AvgIpc) is 2.84. The summed E-state index contributed by atoms with van der Waals surface area (Å²) in [4.78, 5) is 15.3. The second-order valence-electron chi connectivity index (χ2n) is 9.38. The van der Waals surface area contributed by atoms with Crippen molar-refractivity contribution in [2.45, 2.75) is 45.1 Å². The summed E-state index contributed by atoms with van der Waals surface area (Å²) in [5.74, 6) is 0.774. The number of benzene rings is 3. The van der Waals surface area contributed by atoms with Gasteiger partial charge in [-0.1, -0.05) is 72.8 Å². The zero-order valence-corrected chi connectivity index (χ0v) is 21.1. The van der Waals surface area contributed by atoms with Gasteiger partial charge >= 0.3 is 6.09 Å². The molecule has 0 fully saturated rings. The number of anilines is 1. The van der Waals surface area contributed by atoms with Crippen LogP contribution >= 0.6 is 0 Å². The van der Waals surface area contributed by atoms with Crippen molar-refractivity contribution in [3.05, 3.63) is 120 Å². The number of rotatable bonds is 9. The lowest BCUT2D eigenvalue weighted by atomic mass is 9.93. The van der Waals surface area contributed by atoms with Crippen LogP contribution in [-0.4, -0.2) is 18.8 Å². The first-order chi connectivity index (χ1) is 16.8. The number of carbonyl (C=O) groups excluding carboxylic acids is 1. The van der Waals surface area contributed by atoms with E-state index < -0.39 is 11.7 Å². The lowest BCUT2D eigenvalue weighted by molar-refractivity contribution is 0.0591. The third-order valence-electron chi connectivity index (χ3n) is 5.46. The third kappa shape index (κ3) is 7.61. The molecule has 0 N–H and O–H groups in total. The molecule has 0 radical (unpaired) electrons. The molecule has 0 aliphatic heterocycles. The molecule has 0 aliphatic rings. The Hall–Kier alpha value is -3.79. The Morgan fingerprint density at radius 1 is 0.943 bits per heavy atom. The second kappa shape index (κ2) is 12.1. The summed E-state index contributed by atoms with van der Waals surface area (Å²) in [6.45, 7) is 9.61. The van der Waals surface area contributed by atoms with Crippen molar-refractivity contribution in [1.29, 1.82) is 0 Å². The fourth-order valence-corrected chi connectivity index (χ4v) is 3.86. The third-order valence-corrected chi connectivity index (χ3v) is 5.46. The second-order valence-corrected chi connectivity index (χ2v) is 9.38. The van der Waals surface area contributed by atoms with Gasteiger partial charge in [0.25, 0.3) is 0 Å². The maximum Gasteiger partial charge on any atom is 0.419 e. The fourth-order valence-electron chi connectivity index (χ4n) is 3.86. The van der Waals surface area contributed by atoms with Crippen molar-refractivity contribution in [3.8, 4) is 5.75 Å². The number of amides is 1. The minimum absolute atomic E-state index is 0.0515. The molecule has 0 aliphatic carbocycles. The summed E-state index contributed by atoms with van der Waals surface area (Å²) >= 11 is 0. The van der Waals surface area contributed by atoms with Crippen LogP contribution in [0.2, 0.25) is 0 Å². The fraction of sp³-hybridized carbons (Fsp3) is 0.258. The van der Waals surface area contributed by atoms with Crippen molar-refractivity contribution in [2.75, 3.05) is 12.0 Å². The van der Waals surface area contributed by atoms with E-state index in [-0.39, 0.29) is 5.92 Å². The molecule has 3 aromatic rings. The van der Waals surface area contributed by atoms with Crippen LogP contribution in [0.25, 0.3) is 0 Å². The first-order valence-electron chi connectivity index (χ1n) is 11.9. The van der Waals surface area contributed by atoms with Gasteiger partial charge in [-0.05, 0) is 62.6 Å². The minimum atomic E-state index is -0.639. The quantitative estimate of drug-likeness (QED) is 0.299. The standard InChI is InChI=1S/C31H35NO3/c1-6-13-26(25-16-11-8-12-17-25)23-28(22-24-14-9-7-10-15-24)32(30(33)35-31(2,3)4)27-18-20-29(34-5)21-19-27/h6-12,14-21,23,26H,1,13,22H2,2-5H3/b28-23+/t26-/m0/s1. The molecule has 4 nitrogen and oxygen atoms in total. The summed E-state index contributed by atoms with van der Waals surface area (Å²) < 4.78 is 11.2. The van der Waals surface area contributed by atoms with E-state index >= 15 is 0 Å². The molecule has 0 unspecified atom stereocenters. The number of nitrogens with zero attached hydrogens (tertiary/aromatic N) is 1. The molecule has 0 heterocycles. The van der Waals surface area contributed by atoms with Gasteiger partial charge in [0.15, 0.2) is 0 Å². The van der Waals surface area contributed by atoms with Gasteiger partial charge in [-0.25, -0.2) is 4.79 Å². The van der Waals surface area contributed by atoms with Gasteiger partial charge in [0.2, 0.25) is 0 Å². The summed E-state index contributed by atoms with van der Waals surface area (Å²) in [5.41, 5.74) is 3.18. The van der Waals surface area contributed by atoms with E-state index in [1.54, 1.807) is 12.0 Å². The Morgan fingerprint density at radius 2 is 1.54 bits per heavy atom. The van der Waals surface area contributed by atoms with Gasteiger partial charge in [0.05, 0.1) is 12.8 Å². The number of hydrogen-bond acceptors (Lipinski definition) is 3. The van der Waals surface area contributed by atoms with Crippen LogP contribution in [0, 0.1) is 0 Å². The van der Waals surface area contributed by atoms with E-state index in [2.05, 4.69) is 36.9 Å². The van der Waals surface area contributed by atoms with Gasteiger partial charge in [-0.15, -0.1) is 6.58 Å². The number of methoxy groups -OCH3 is 1. The first kappa shape index (κ1) is 25.8. The molecule has 0 saturated heterocycles. The predicted octanol–water partition coefficient (Wildman–Crippen LogP) is 7.92. The van der Waals surface area contributed by atoms with Crippen molar-refractivity contribution in [2.24, 2.45) is 0 Å². The van der Waals surface area contributed by atoms with Crippen LogP contribution in [0.4, 0.5) is 10.5 Å². The topological polar surface area (TPSA) is 38.8 Å². The Morgan fingerprint density at radius 3 is 2.09 bits per heavy atom. The Balaban J connectivity index is 2.16. The summed E-state index contributed by atoms with van der Waals surface area (Å²) in [6, 6.07) is 27.9. The molecule has 4 heteroatoms. The number of carbonyl (C=O) groups is 1. The van der Waals surface area contributed by atoms with Crippen molar-refractivity contribution >= 4 is 11.8 Å². The van der Waals surface area contributed by atoms with Gasteiger partial charge < -0.3 is 9.47 Å². The highest BCUT2D eigenvalue weighted by Gasteiger charge is 2.27. The van der Waals surface area contributed by atoms with E-state index in [0.717, 1.165) is 29.0 Å². The minimum Gasteiger partial charge on any atom is -0.497 e. The van der Waals surface area contributed by atoms with E-state index in [4.69, 9.17) is 9.47 Å². The normalized spacial score (nSPS) is 12.5. The highest BCUT2D eigenvalue weighted by atomic mass is 16.6.